The van der Waals surface area contributed by atoms with Crippen LogP contribution in [0.5, 0.6) is 0 Å². The topological polar surface area (TPSA) is 0 Å². The predicted octanol–water partition coefficient (Wildman–Crippen LogP) is 11.6. The van der Waals surface area contributed by atoms with E-state index in [4.69, 9.17) is 0 Å². The van der Waals surface area contributed by atoms with Crippen molar-refractivity contribution in [3.05, 3.63) is 34.9 Å². The molecule has 192 valence electrons. The van der Waals surface area contributed by atoms with Gasteiger partial charge in [0.1, 0.15) is 0 Å². The van der Waals surface area contributed by atoms with Crippen molar-refractivity contribution < 1.29 is 0 Å². The second-order valence-corrected chi connectivity index (χ2v) is 10.7. The van der Waals surface area contributed by atoms with Gasteiger partial charge >= 0.3 is 0 Å². The van der Waals surface area contributed by atoms with Crippen molar-refractivity contribution in [1.82, 2.24) is 0 Å². The average molecular weight is 457 g/mol. The number of hydrogen-bond donors (Lipinski definition) is 0. The summed E-state index contributed by atoms with van der Waals surface area (Å²) in [5.41, 5.74) is 5.05. The first-order valence-corrected chi connectivity index (χ1v) is 15.4. The first-order valence-electron chi connectivity index (χ1n) is 15.4. The molecule has 1 aromatic rings. The normalized spacial score (nSPS) is 11.4. The van der Waals surface area contributed by atoms with Crippen molar-refractivity contribution in [1.29, 1.82) is 0 Å². The van der Waals surface area contributed by atoms with E-state index in [0.717, 1.165) is 0 Å². The highest BCUT2D eigenvalue weighted by Gasteiger charge is 2.08. The highest BCUT2D eigenvalue weighted by Crippen LogP contribution is 2.22. The van der Waals surface area contributed by atoms with Crippen molar-refractivity contribution in [2.24, 2.45) is 0 Å². The third kappa shape index (κ3) is 16.5. The molecule has 1 aromatic carbocycles. The lowest BCUT2D eigenvalue weighted by atomic mass is 9.91. The lowest BCUT2D eigenvalue weighted by Gasteiger charge is -2.15. The second-order valence-electron chi connectivity index (χ2n) is 10.7. The standard InChI is InChI=1S/C33H60/c1-4-7-9-11-13-15-17-19-21-23-27-31-29-25-30-32(33(31)26-6-3)28-24-22-20-18-16-14-12-10-8-5-2/h25,29-30H,4-24,26-28H2,1-3H3. The Hall–Kier alpha value is -0.780. The van der Waals surface area contributed by atoms with Crippen LogP contribution in [-0.2, 0) is 19.3 Å². The van der Waals surface area contributed by atoms with E-state index >= 15 is 0 Å². The zero-order valence-corrected chi connectivity index (χ0v) is 23.2. The SMILES string of the molecule is CCCCCCCCCCCCc1cccc(CCCCCCCCCCCC)c1CCC. The van der Waals surface area contributed by atoms with E-state index in [9.17, 15) is 0 Å². The molecule has 0 saturated heterocycles. The molecule has 0 nitrogen and oxygen atoms in total. The highest BCUT2D eigenvalue weighted by atomic mass is 14.1. The number of benzene rings is 1. The minimum Gasteiger partial charge on any atom is -0.0654 e. The van der Waals surface area contributed by atoms with Gasteiger partial charge in [-0.05, 0) is 48.8 Å². The first-order chi connectivity index (χ1) is 16.3. The molecule has 0 amide bonds. The Balaban J connectivity index is 2.22. The Kier molecular flexibility index (Phi) is 21.1. The first kappa shape index (κ1) is 30.3. The van der Waals surface area contributed by atoms with Crippen LogP contribution in [0.2, 0.25) is 0 Å². The summed E-state index contributed by atoms with van der Waals surface area (Å²) in [6.07, 6.45) is 33.8. The molecule has 33 heavy (non-hydrogen) atoms. The molecule has 0 bridgehead atoms. The Morgan fingerprint density at radius 1 is 0.364 bits per heavy atom. The molecule has 1 rings (SSSR count). The van der Waals surface area contributed by atoms with Crippen LogP contribution in [0, 0.1) is 0 Å². The molecule has 0 spiro atoms. The van der Waals surface area contributed by atoms with Crippen molar-refractivity contribution >= 4 is 0 Å². The summed E-state index contributed by atoms with van der Waals surface area (Å²) < 4.78 is 0. The molecule has 0 radical (unpaired) electrons. The maximum Gasteiger partial charge on any atom is -0.0276 e. The van der Waals surface area contributed by atoms with Crippen molar-refractivity contribution in [3.63, 3.8) is 0 Å². The molecule has 0 unspecified atom stereocenters. The minimum absolute atomic E-state index is 1.28. The van der Waals surface area contributed by atoms with E-state index in [1.165, 1.54) is 154 Å². The summed E-state index contributed by atoms with van der Waals surface area (Å²) in [5, 5.41) is 0. The molecule has 0 aliphatic carbocycles. The van der Waals surface area contributed by atoms with E-state index in [1.807, 2.05) is 0 Å². The zero-order valence-electron chi connectivity index (χ0n) is 23.2. The van der Waals surface area contributed by atoms with Crippen LogP contribution in [0.15, 0.2) is 18.2 Å². The summed E-state index contributed by atoms with van der Waals surface area (Å²) in [7, 11) is 0. The molecule has 0 aromatic heterocycles. The molecule has 0 aliphatic heterocycles. The fraction of sp³-hybridized carbons (Fsp3) is 0.818. The van der Waals surface area contributed by atoms with Crippen LogP contribution in [0.1, 0.15) is 172 Å². The maximum atomic E-state index is 2.43. The van der Waals surface area contributed by atoms with E-state index in [0.29, 0.717) is 0 Å². The quantitative estimate of drug-likeness (QED) is 0.136. The number of aryl methyl sites for hydroxylation is 2. The van der Waals surface area contributed by atoms with E-state index in [2.05, 4.69) is 39.0 Å². The second kappa shape index (κ2) is 23.0. The van der Waals surface area contributed by atoms with Crippen molar-refractivity contribution in [3.8, 4) is 0 Å². The Bertz CT molecular complexity index is 487. The maximum absolute atomic E-state index is 2.43. The van der Waals surface area contributed by atoms with Crippen molar-refractivity contribution in [2.45, 2.75) is 175 Å². The summed E-state index contributed by atoms with van der Waals surface area (Å²) in [5.74, 6) is 0. The van der Waals surface area contributed by atoms with Gasteiger partial charge in [-0.3, -0.25) is 0 Å². The zero-order chi connectivity index (χ0) is 23.8. The van der Waals surface area contributed by atoms with Crippen LogP contribution in [0.3, 0.4) is 0 Å². The Labute approximate surface area is 209 Å². The van der Waals surface area contributed by atoms with E-state index in [1.54, 1.807) is 16.7 Å². The van der Waals surface area contributed by atoms with Gasteiger partial charge in [-0.2, -0.15) is 0 Å². The van der Waals surface area contributed by atoms with Crippen molar-refractivity contribution in [2.75, 3.05) is 0 Å². The summed E-state index contributed by atoms with van der Waals surface area (Å²) >= 11 is 0. The third-order valence-corrected chi connectivity index (χ3v) is 7.47. The Morgan fingerprint density at radius 2 is 0.697 bits per heavy atom. The van der Waals surface area contributed by atoms with Crippen LogP contribution >= 0.6 is 0 Å². The van der Waals surface area contributed by atoms with Gasteiger partial charge < -0.3 is 0 Å². The molecule has 0 N–H and O–H groups in total. The number of unbranched alkanes of at least 4 members (excludes halogenated alkanes) is 18. The fourth-order valence-electron chi connectivity index (χ4n) is 5.33. The van der Waals surface area contributed by atoms with Gasteiger partial charge in [0, 0.05) is 0 Å². The molecular formula is C33H60. The average Bonchev–Trinajstić information content (AvgIpc) is 2.83. The van der Waals surface area contributed by atoms with Gasteiger partial charge in [0.15, 0.2) is 0 Å². The van der Waals surface area contributed by atoms with Gasteiger partial charge in [0.05, 0.1) is 0 Å². The van der Waals surface area contributed by atoms with E-state index in [-0.39, 0.29) is 0 Å². The lowest BCUT2D eigenvalue weighted by Crippen LogP contribution is -2.01. The summed E-state index contributed by atoms with van der Waals surface area (Å²) in [6.45, 7) is 6.96. The van der Waals surface area contributed by atoms with E-state index < -0.39 is 0 Å². The van der Waals surface area contributed by atoms with Crippen LogP contribution < -0.4 is 0 Å². The molecule has 0 atom stereocenters. The van der Waals surface area contributed by atoms with Gasteiger partial charge in [-0.15, -0.1) is 0 Å². The van der Waals surface area contributed by atoms with Gasteiger partial charge in [0.25, 0.3) is 0 Å². The third-order valence-electron chi connectivity index (χ3n) is 7.47. The molecular weight excluding hydrogens is 396 g/mol. The molecule has 0 heteroatoms. The van der Waals surface area contributed by atoms with Crippen LogP contribution in [-0.4, -0.2) is 0 Å². The lowest BCUT2D eigenvalue weighted by molar-refractivity contribution is 0.554. The number of hydrogen-bond acceptors (Lipinski definition) is 0. The molecule has 0 fully saturated rings. The largest absolute Gasteiger partial charge is 0.0654 e. The summed E-state index contributed by atoms with van der Waals surface area (Å²) in [6, 6.07) is 7.21. The monoisotopic (exact) mass is 456 g/mol. The van der Waals surface area contributed by atoms with Gasteiger partial charge in [-0.1, -0.05) is 161 Å². The fourth-order valence-corrected chi connectivity index (χ4v) is 5.33. The molecule has 0 aliphatic rings. The number of rotatable bonds is 24. The molecule has 0 saturated carbocycles. The minimum atomic E-state index is 1.28. The smallest absolute Gasteiger partial charge is 0.0276 e. The van der Waals surface area contributed by atoms with Gasteiger partial charge in [-0.25, -0.2) is 0 Å². The highest BCUT2D eigenvalue weighted by molar-refractivity contribution is 5.36. The summed E-state index contributed by atoms with van der Waals surface area (Å²) in [4.78, 5) is 0. The molecule has 0 heterocycles. The van der Waals surface area contributed by atoms with Gasteiger partial charge in [0.2, 0.25) is 0 Å². The Morgan fingerprint density at radius 3 is 1.03 bits per heavy atom. The predicted molar refractivity (Wildman–Crippen MR) is 152 cm³/mol. The van der Waals surface area contributed by atoms with Crippen LogP contribution in [0.4, 0.5) is 0 Å². The van der Waals surface area contributed by atoms with Crippen LogP contribution in [0.25, 0.3) is 0 Å².